The maximum absolute atomic E-state index is 12.2. The number of hydrogen-bond donors (Lipinski definition) is 0. The number of para-hydroxylation sites is 1. The first-order valence-corrected chi connectivity index (χ1v) is 7.65. The Morgan fingerprint density at radius 3 is 2.58 bits per heavy atom. The summed E-state index contributed by atoms with van der Waals surface area (Å²) in [5.74, 6) is -0.435. The Morgan fingerprint density at radius 2 is 1.83 bits per heavy atom. The van der Waals surface area contributed by atoms with E-state index in [1.54, 1.807) is 6.07 Å². The van der Waals surface area contributed by atoms with Gasteiger partial charge in [-0.25, -0.2) is 9.78 Å². The van der Waals surface area contributed by atoms with Gasteiger partial charge in [0.2, 0.25) is 0 Å². The maximum Gasteiger partial charge on any atom is 0.341 e. The standard InChI is InChI=1S/C20H15NO3/c1-12-7-9-13(10-8-12)16-11-15(20(22)23-2)19-18(21-16)14-5-3-4-6-17(14)24-19/h3-11H,1-2H3. The fourth-order valence-corrected chi connectivity index (χ4v) is 2.81. The van der Waals surface area contributed by atoms with Crippen molar-refractivity contribution in [2.75, 3.05) is 7.11 Å². The van der Waals surface area contributed by atoms with E-state index < -0.39 is 5.97 Å². The van der Waals surface area contributed by atoms with E-state index >= 15 is 0 Å². The lowest BCUT2D eigenvalue weighted by Crippen LogP contribution is -2.03. The fraction of sp³-hybridized carbons (Fsp3) is 0.100. The molecule has 4 aromatic rings. The third kappa shape index (κ3) is 2.24. The summed E-state index contributed by atoms with van der Waals surface area (Å²) in [6.45, 7) is 2.03. The summed E-state index contributed by atoms with van der Waals surface area (Å²) in [6, 6.07) is 17.4. The van der Waals surface area contributed by atoms with Crippen LogP contribution in [0.1, 0.15) is 15.9 Å². The van der Waals surface area contributed by atoms with Crippen molar-refractivity contribution in [2.45, 2.75) is 6.92 Å². The molecule has 0 bridgehead atoms. The van der Waals surface area contributed by atoms with Crippen LogP contribution in [0.2, 0.25) is 0 Å². The van der Waals surface area contributed by atoms with Crippen LogP contribution in [0.4, 0.5) is 0 Å². The lowest BCUT2D eigenvalue weighted by atomic mass is 10.1. The van der Waals surface area contributed by atoms with E-state index in [4.69, 9.17) is 14.1 Å². The fourth-order valence-electron chi connectivity index (χ4n) is 2.81. The molecule has 0 amide bonds. The number of pyridine rings is 1. The zero-order valence-electron chi connectivity index (χ0n) is 13.4. The van der Waals surface area contributed by atoms with Gasteiger partial charge in [-0.15, -0.1) is 0 Å². The molecule has 4 nitrogen and oxygen atoms in total. The average molecular weight is 317 g/mol. The summed E-state index contributed by atoms with van der Waals surface area (Å²) >= 11 is 0. The van der Waals surface area contributed by atoms with E-state index in [-0.39, 0.29) is 0 Å². The number of esters is 1. The average Bonchev–Trinajstić information content (AvgIpc) is 2.99. The zero-order chi connectivity index (χ0) is 16.7. The number of rotatable bonds is 2. The monoisotopic (exact) mass is 317 g/mol. The molecule has 2 aromatic heterocycles. The number of hydrogen-bond acceptors (Lipinski definition) is 4. The van der Waals surface area contributed by atoms with Crippen LogP contribution in [0.25, 0.3) is 33.3 Å². The second-order valence-corrected chi connectivity index (χ2v) is 5.69. The highest BCUT2D eigenvalue weighted by atomic mass is 16.5. The molecule has 0 radical (unpaired) electrons. The Kier molecular flexibility index (Phi) is 3.31. The van der Waals surface area contributed by atoms with Crippen LogP contribution in [-0.4, -0.2) is 18.1 Å². The number of aromatic nitrogens is 1. The number of fused-ring (bicyclic) bond motifs is 3. The number of furan rings is 1. The second-order valence-electron chi connectivity index (χ2n) is 5.69. The lowest BCUT2D eigenvalue weighted by molar-refractivity contribution is 0.0602. The Morgan fingerprint density at radius 1 is 1.08 bits per heavy atom. The highest BCUT2D eigenvalue weighted by Gasteiger charge is 2.19. The third-order valence-electron chi connectivity index (χ3n) is 4.08. The SMILES string of the molecule is COC(=O)c1cc(-c2ccc(C)cc2)nc2c1oc1ccccc12. The van der Waals surface area contributed by atoms with E-state index in [1.165, 1.54) is 12.7 Å². The summed E-state index contributed by atoms with van der Waals surface area (Å²) in [7, 11) is 1.36. The first kappa shape index (κ1) is 14.5. The normalized spacial score (nSPS) is 11.1. The second kappa shape index (κ2) is 5.49. The molecular weight excluding hydrogens is 302 g/mol. The summed E-state index contributed by atoms with van der Waals surface area (Å²) in [5.41, 5.74) is 5.04. The summed E-state index contributed by atoms with van der Waals surface area (Å²) in [4.78, 5) is 17.0. The molecule has 0 fully saturated rings. The van der Waals surface area contributed by atoms with Crippen LogP contribution in [0.3, 0.4) is 0 Å². The summed E-state index contributed by atoms with van der Waals surface area (Å²) < 4.78 is 10.8. The Labute approximate surface area is 138 Å². The Bertz CT molecular complexity index is 1060. The largest absolute Gasteiger partial charge is 0.465 e. The smallest absolute Gasteiger partial charge is 0.341 e. The van der Waals surface area contributed by atoms with Crippen molar-refractivity contribution >= 4 is 28.0 Å². The molecular formula is C20H15NO3. The molecule has 0 aliphatic heterocycles. The number of aryl methyl sites for hydroxylation is 1. The van der Waals surface area contributed by atoms with Crippen molar-refractivity contribution in [3.63, 3.8) is 0 Å². The molecule has 2 aromatic carbocycles. The molecule has 0 aliphatic carbocycles. The molecule has 0 atom stereocenters. The van der Waals surface area contributed by atoms with Crippen molar-refractivity contribution in [1.82, 2.24) is 4.98 Å². The van der Waals surface area contributed by atoms with E-state index in [2.05, 4.69) is 0 Å². The molecule has 4 heteroatoms. The maximum atomic E-state index is 12.2. The van der Waals surface area contributed by atoms with Crippen LogP contribution in [0.5, 0.6) is 0 Å². The molecule has 24 heavy (non-hydrogen) atoms. The molecule has 0 aliphatic rings. The van der Waals surface area contributed by atoms with Gasteiger partial charge >= 0.3 is 5.97 Å². The van der Waals surface area contributed by atoms with Gasteiger partial charge in [0.15, 0.2) is 5.58 Å². The van der Waals surface area contributed by atoms with Crippen LogP contribution in [-0.2, 0) is 4.74 Å². The van der Waals surface area contributed by atoms with Gasteiger partial charge in [-0.3, -0.25) is 0 Å². The number of ether oxygens (including phenoxy) is 1. The van der Waals surface area contributed by atoms with Crippen LogP contribution < -0.4 is 0 Å². The Balaban J connectivity index is 2.06. The van der Waals surface area contributed by atoms with Gasteiger partial charge in [0.25, 0.3) is 0 Å². The van der Waals surface area contributed by atoms with Crippen LogP contribution in [0, 0.1) is 6.92 Å². The minimum absolute atomic E-state index is 0.384. The van der Waals surface area contributed by atoms with E-state index in [0.717, 1.165) is 16.6 Å². The third-order valence-corrected chi connectivity index (χ3v) is 4.08. The highest BCUT2D eigenvalue weighted by molar-refractivity contribution is 6.11. The predicted molar refractivity (Wildman–Crippen MR) is 93.0 cm³/mol. The van der Waals surface area contributed by atoms with Crippen molar-refractivity contribution < 1.29 is 13.9 Å². The number of benzene rings is 2. The summed E-state index contributed by atoms with van der Waals surface area (Å²) in [6.07, 6.45) is 0. The first-order chi connectivity index (χ1) is 11.7. The zero-order valence-corrected chi connectivity index (χ0v) is 13.4. The van der Waals surface area contributed by atoms with Gasteiger partial charge in [-0.05, 0) is 25.1 Å². The minimum atomic E-state index is -0.435. The van der Waals surface area contributed by atoms with E-state index in [0.29, 0.717) is 22.2 Å². The lowest BCUT2D eigenvalue weighted by Gasteiger charge is -2.05. The molecule has 2 heterocycles. The molecule has 0 N–H and O–H groups in total. The number of carbonyl (C=O) groups is 1. The molecule has 0 unspecified atom stereocenters. The molecule has 118 valence electrons. The highest BCUT2D eigenvalue weighted by Crippen LogP contribution is 2.32. The van der Waals surface area contributed by atoms with Crippen LogP contribution >= 0.6 is 0 Å². The van der Waals surface area contributed by atoms with Crippen molar-refractivity contribution in [3.8, 4) is 11.3 Å². The molecule has 0 saturated carbocycles. The van der Waals surface area contributed by atoms with E-state index in [1.807, 2.05) is 55.5 Å². The van der Waals surface area contributed by atoms with Crippen molar-refractivity contribution in [3.05, 3.63) is 65.7 Å². The first-order valence-electron chi connectivity index (χ1n) is 7.65. The van der Waals surface area contributed by atoms with Crippen molar-refractivity contribution in [2.24, 2.45) is 0 Å². The number of carbonyl (C=O) groups excluding carboxylic acids is 1. The minimum Gasteiger partial charge on any atom is -0.465 e. The summed E-state index contributed by atoms with van der Waals surface area (Å²) in [5, 5.41) is 0.881. The van der Waals surface area contributed by atoms with E-state index in [9.17, 15) is 4.79 Å². The van der Waals surface area contributed by atoms with Crippen LogP contribution in [0.15, 0.2) is 59.0 Å². The van der Waals surface area contributed by atoms with Crippen molar-refractivity contribution in [1.29, 1.82) is 0 Å². The molecule has 0 saturated heterocycles. The number of nitrogens with zero attached hydrogens (tertiary/aromatic N) is 1. The van der Waals surface area contributed by atoms with Gasteiger partial charge < -0.3 is 9.15 Å². The van der Waals surface area contributed by atoms with Gasteiger partial charge in [-0.2, -0.15) is 0 Å². The molecule has 4 rings (SSSR count). The topological polar surface area (TPSA) is 52.3 Å². The van der Waals surface area contributed by atoms with Gasteiger partial charge in [0, 0.05) is 10.9 Å². The predicted octanol–water partition coefficient (Wildman–Crippen LogP) is 4.74. The van der Waals surface area contributed by atoms with Gasteiger partial charge in [0.1, 0.15) is 16.7 Å². The number of methoxy groups -OCH3 is 1. The Hall–Kier alpha value is -3.14. The van der Waals surface area contributed by atoms with Gasteiger partial charge in [0.05, 0.1) is 12.8 Å². The molecule has 0 spiro atoms. The van der Waals surface area contributed by atoms with Gasteiger partial charge in [-0.1, -0.05) is 42.0 Å². The quantitative estimate of drug-likeness (QED) is 0.501.